The van der Waals surface area contributed by atoms with Gasteiger partial charge in [0.2, 0.25) is 0 Å². The fourth-order valence-corrected chi connectivity index (χ4v) is 2.78. The van der Waals surface area contributed by atoms with E-state index in [2.05, 4.69) is 5.32 Å². The van der Waals surface area contributed by atoms with E-state index in [-0.39, 0.29) is 18.1 Å². The van der Waals surface area contributed by atoms with Crippen molar-refractivity contribution in [3.05, 3.63) is 28.8 Å². The zero-order valence-electron chi connectivity index (χ0n) is 11.9. The fourth-order valence-electron chi connectivity index (χ4n) is 2.60. The Labute approximate surface area is 124 Å². The molecule has 2 N–H and O–H groups in total. The Morgan fingerprint density at radius 2 is 2.25 bits per heavy atom. The molecule has 110 valence electrons. The molecule has 0 saturated heterocycles. The van der Waals surface area contributed by atoms with Gasteiger partial charge >= 0.3 is 6.03 Å². The maximum absolute atomic E-state index is 12.2. The van der Waals surface area contributed by atoms with Gasteiger partial charge in [-0.3, -0.25) is 0 Å². The summed E-state index contributed by atoms with van der Waals surface area (Å²) >= 11 is 5.94. The number of nitrogens with zero attached hydrogens (tertiary/aromatic N) is 1. The third-order valence-electron chi connectivity index (χ3n) is 3.92. The number of aryl methyl sites for hydroxylation is 1. The molecule has 0 bridgehead atoms. The molecule has 0 radical (unpaired) electrons. The van der Waals surface area contributed by atoms with Crippen LogP contribution in [0.15, 0.2) is 18.2 Å². The number of nitrogens with one attached hydrogen (secondary N) is 1. The first kappa shape index (κ1) is 15.1. The number of aliphatic hydroxyl groups is 1. The summed E-state index contributed by atoms with van der Waals surface area (Å²) in [6.07, 6.45) is 2.58. The molecule has 5 heteroatoms. The van der Waals surface area contributed by atoms with Gasteiger partial charge in [0, 0.05) is 30.2 Å². The number of hydrogen-bond donors (Lipinski definition) is 2. The lowest BCUT2D eigenvalue weighted by Gasteiger charge is -2.24. The summed E-state index contributed by atoms with van der Waals surface area (Å²) in [6, 6.07) is 5.24. The third-order valence-corrected chi connectivity index (χ3v) is 4.15. The molecule has 2 rings (SSSR count). The largest absolute Gasteiger partial charge is 0.393 e. The average Bonchev–Trinajstić information content (AvgIpc) is 2.79. The molecule has 0 heterocycles. The highest BCUT2D eigenvalue weighted by Crippen LogP contribution is 2.26. The molecule has 1 fully saturated rings. The number of benzene rings is 1. The molecule has 2 amide bonds. The standard InChI is InChI=1S/C15H21ClN2O2/c1-10-6-7-12(16)8-13(10)17-15(20)18(2)9-11-4-3-5-14(11)19/h6-8,11,14,19H,3-5,9H2,1-2H3,(H,17,20). The van der Waals surface area contributed by atoms with Crippen molar-refractivity contribution in [3.8, 4) is 0 Å². The Bertz CT molecular complexity index is 493. The fraction of sp³-hybridized carbons (Fsp3) is 0.533. The summed E-state index contributed by atoms with van der Waals surface area (Å²) in [5.74, 6) is 0.186. The molecular formula is C15H21ClN2O2. The zero-order valence-corrected chi connectivity index (χ0v) is 12.7. The van der Waals surface area contributed by atoms with Crippen LogP contribution in [0.5, 0.6) is 0 Å². The minimum absolute atomic E-state index is 0.172. The second-order valence-corrected chi connectivity index (χ2v) is 5.96. The smallest absolute Gasteiger partial charge is 0.321 e. The van der Waals surface area contributed by atoms with Crippen molar-refractivity contribution in [2.75, 3.05) is 18.9 Å². The Morgan fingerprint density at radius 3 is 2.90 bits per heavy atom. The van der Waals surface area contributed by atoms with Crippen molar-refractivity contribution in [3.63, 3.8) is 0 Å². The highest BCUT2D eigenvalue weighted by atomic mass is 35.5. The topological polar surface area (TPSA) is 52.6 Å². The third kappa shape index (κ3) is 3.64. The van der Waals surface area contributed by atoms with Gasteiger partial charge in [-0.15, -0.1) is 0 Å². The Balaban J connectivity index is 1.95. The van der Waals surface area contributed by atoms with E-state index in [1.165, 1.54) is 0 Å². The molecule has 20 heavy (non-hydrogen) atoms. The van der Waals surface area contributed by atoms with Gasteiger partial charge in [0.15, 0.2) is 0 Å². The quantitative estimate of drug-likeness (QED) is 0.899. The van der Waals surface area contributed by atoms with Crippen molar-refractivity contribution in [2.45, 2.75) is 32.3 Å². The van der Waals surface area contributed by atoms with E-state index in [0.29, 0.717) is 11.6 Å². The zero-order chi connectivity index (χ0) is 14.7. The molecule has 0 aliphatic heterocycles. The Hall–Kier alpha value is -1.26. The van der Waals surface area contributed by atoms with Crippen LogP contribution in [0.1, 0.15) is 24.8 Å². The summed E-state index contributed by atoms with van der Waals surface area (Å²) in [5.41, 5.74) is 1.69. The lowest BCUT2D eigenvalue weighted by atomic mass is 10.1. The Morgan fingerprint density at radius 1 is 1.50 bits per heavy atom. The van der Waals surface area contributed by atoms with Crippen molar-refractivity contribution in [2.24, 2.45) is 5.92 Å². The van der Waals surface area contributed by atoms with E-state index in [1.807, 2.05) is 13.0 Å². The predicted octanol–water partition coefficient (Wildman–Crippen LogP) is 3.27. The summed E-state index contributed by atoms with van der Waals surface area (Å²) in [6.45, 7) is 2.50. The van der Waals surface area contributed by atoms with Crippen LogP contribution in [0.25, 0.3) is 0 Å². The second-order valence-electron chi connectivity index (χ2n) is 5.53. The van der Waals surface area contributed by atoms with Gasteiger partial charge in [0.05, 0.1) is 6.10 Å². The minimum atomic E-state index is -0.279. The van der Waals surface area contributed by atoms with Gasteiger partial charge in [-0.2, -0.15) is 0 Å². The van der Waals surface area contributed by atoms with Crippen LogP contribution < -0.4 is 5.32 Å². The molecule has 1 aliphatic rings. The molecule has 4 nitrogen and oxygen atoms in total. The van der Waals surface area contributed by atoms with Crippen molar-refractivity contribution in [1.82, 2.24) is 4.90 Å². The average molecular weight is 297 g/mol. The number of urea groups is 1. The van der Waals surface area contributed by atoms with Gasteiger partial charge in [-0.05, 0) is 37.5 Å². The number of anilines is 1. The number of carbonyl (C=O) groups excluding carboxylic acids is 1. The van der Waals surface area contributed by atoms with Gasteiger partial charge < -0.3 is 15.3 Å². The van der Waals surface area contributed by atoms with Gasteiger partial charge in [0.1, 0.15) is 0 Å². The van der Waals surface area contributed by atoms with Crippen LogP contribution >= 0.6 is 11.6 Å². The van der Waals surface area contributed by atoms with Gasteiger partial charge in [0.25, 0.3) is 0 Å². The van der Waals surface area contributed by atoms with Gasteiger partial charge in [-0.25, -0.2) is 4.79 Å². The van der Waals surface area contributed by atoms with Crippen LogP contribution in [-0.2, 0) is 0 Å². The molecule has 1 aliphatic carbocycles. The van der Waals surface area contributed by atoms with E-state index < -0.39 is 0 Å². The number of halogens is 1. The van der Waals surface area contributed by atoms with Crippen LogP contribution in [0.4, 0.5) is 10.5 Å². The lowest BCUT2D eigenvalue weighted by Crippen LogP contribution is -2.37. The van der Waals surface area contributed by atoms with Crippen molar-refractivity contribution in [1.29, 1.82) is 0 Å². The van der Waals surface area contributed by atoms with Crippen LogP contribution in [0.3, 0.4) is 0 Å². The van der Waals surface area contributed by atoms with Crippen LogP contribution in [0.2, 0.25) is 5.02 Å². The Kier molecular flexibility index (Phi) is 4.89. The first-order chi connectivity index (χ1) is 9.47. The maximum atomic E-state index is 12.2. The minimum Gasteiger partial charge on any atom is -0.393 e. The molecule has 1 aromatic rings. The first-order valence-electron chi connectivity index (χ1n) is 6.93. The van der Waals surface area contributed by atoms with Crippen LogP contribution in [-0.4, -0.2) is 35.7 Å². The number of amides is 2. The van der Waals surface area contributed by atoms with E-state index in [0.717, 1.165) is 30.5 Å². The highest BCUT2D eigenvalue weighted by molar-refractivity contribution is 6.31. The van der Waals surface area contributed by atoms with Gasteiger partial charge in [-0.1, -0.05) is 24.1 Å². The number of rotatable bonds is 3. The molecule has 0 aromatic heterocycles. The summed E-state index contributed by atoms with van der Waals surface area (Å²) < 4.78 is 0. The lowest BCUT2D eigenvalue weighted by molar-refractivity contribution is 0.116. The summed E-state index contributed by atoms with van der Waals surface area (Å²) in [7, 11) is 1.75. The summed E-state index contributed by atoms with van der Waals surface area (Å²) in [4.78, 5) is 13.8. The molecule has 2 unspecified atom stereocenters. The highest BCUT2D eigenvalue weighted by Gasteiger charge is 2.27. The van der Waals surface area contributed by atoms with E-state index >= 15 is 0 Å². The van der Waals surface area contributed by atoms with Crippen molar-refractivity contribution < 1.29 is 9.90 Å². The predicted molar refractivity (Wildman–Crippen MR) is 81.2 cm³/mol. The number of aliphatic hydroxyl groups excluding tert-OH is 1. The van der Waals surface area contributed by atoms with Crippen LogP contribution in [0, 0.1) is 12.8 Å². The van der Waals surface area contributed by atoms with E-state index in [4.69, 9.17) is 11.6 Å². The summed E-state index contributed by atoms with van der Waals surface area (Å²) in [5, 5.41) is 13.3. The SMILES string of the molecule is Cc1ccc(Cl)cc1NC(=O)N(C)CC1CCCC1O. The molecule has 0 spiro atoms. The molecule has 2 atom stereocenters. The number of carbonyl (C=O) groups is 1. The van der Waals surface area contributed by atoms with E-state index in [9.17, 15) is 9.90 Å². The van der Waals surface area contributed by atoms with Crippen molar-refractivity contribution >= 4 is 23.3 Å². The normalized spacial score (nSPS) is 21.8. The molecular weight excluding hydrogens is 276 g/mol. The second kappa shape index (κ2) is 6.46. The maximum Gasteiger partial charge on any atom is 0.321 e. The molecule has 1 saturated carbocycles. The monoisotopic (exact) mass is 296 g/mol. The first-order valence-corrected chi connectivity index (χ1v) is 7.31. The number of hydrogen-bond acceptors (Lipinski definition) is 2. The molecule has 1 aromatic carbocycles. The van der Waals surface area contributed by atoms with E-state index in [1.54, 1.807) is 24.1 Å².